The molecule has 2 aromatic rings. The third-order valence-corrected chi connectivity index (χ3v) is 3.44. The molecule has 2 rings (SSSR count). The summed E-state index contributed by atoms with van der Waals surface area (Å²) >= 11 is 1.73. The van der Waals surface area contributed by atoms with Gasteiger partial charge < -0.3 is 0 Å². The Bertz CT molecular complexity index is 417. The smallest absolute Gasteiger partial charge is 0.123 e. The Balaban J connectivity index is 1.83. The van der Waals surface area contributed by atoms with E-state index in [1.807, 2.05) is 0 Å². The molecule has 2 aromatic carbocycles. The summed E-state index contributed by atoms with van der Waals surface area (Å²) < 4.78 is 25.3. The second kappa shape index (κ2) is 5.82. The second-order valence-electron chi connectivity index (χ2n) is 3.75. The van der Waals surface area contributed by atoms with Gasteiger partial charge >= 0.3 is 0 Å². The fourth-order valence-electron chi connectivity index (χ4n) is 1.45. The van der Waals surface area contributed by atoms with Crippen molar-refractivity contribution in [3.05, 3.63) is 71.3 Å². The molecule has 0 aliphatic heterocycles. The summed E-state index contributed by atoms with van der Waals surface area (Å²) in [5, 5.41) is 0. The van der Waals surface area contributed by atoms with Gasteiger partial charge in [-0.05, 0) is 35.4 Å². The first-order valence-corrected chi connectivity index (χ1v) is 6.46. The number of hydrogen-bond donors (Lipinski definition) is 0. The van der Waals surface area contributed by atoms with Crippen molar-refractivity contribution in [2.24, 2.45) is 0 Å². The summed E-state index contributed by atoms with van der Waals surface area (Å²) in [6.45, 7) is 0. The van der Waals surface area contributed by atoms with E-state index in [1.165, 1.54) is 24.3 Å². The third-order valence-electron chi connectivity index (χ3n) is 2.36. The number of hydrogen-bond acceptors (Lipinski definition) is 1. The van der Waals surface area contributed by atoms with Crippen LogP contribution in [0.4, 0.5) is 8.78 Å². The van der Waals surface area contributed by atoms with Gasteiger partial charge in [0.2, 0.25) is 0 Å². The maximum atomic E-state index is 12.7. The van der Waals surface area contributed by atoms with Gasteiger partial charge in [0.05, 0.1) is 0 Å². The monoisotopic (exact) mass is 250 g/mol. The van der Waals surface area contributed by atoms with Crippen molar-refractivity contribution in [2.75, 3.05) is 0 Å². The molecule has 3 heteroatoms. The average molecular weight is 250 g/mol. The Kier molecular flexibility index (Phi) is 4.15. The third kappa shape index (κ3) is 3.86. The van der Waals surface area contributed by atoms with Gasteiger partial charge in [0.1, 0.15) is 11.6 Å². The predicted molar refractivity (Wildman–Crippen MR) is 67.8 cm³/mol. The zero-order chi connectivity index (χ0) is 12.1. The summed E-state index contributed by atoms with van der Waals surface area (Å²) in [4.78, 5) is 0. The Labute approximate surface area is 104 Å². The molecule has 0 aliphatic rings. The maximum Gasteiger partial charge on any atom is 0.123 e. The highest BCUT2D eigenvalue weighted by molar-refractivity contribution is 7.97. The quantitative estimate of drug-likeness (QED) is 0.775. The fraction of sp³-hybridized carbons (Fsp3) is 0.143. The minimum atomic E-state index is -0.211. The van der Waals surface area contributed by atoms with E-state index >= 15 is 0 Å². The van der Waals surface area contributed by atoms with Crippen LogP contribution in [0.1, 0.15) is 11.1 Å². The lowest BCUT2D eigenvalue weighted by Gasteiger charge is -2.02. The second-order valence-corrected chi connectivity index (χ2v) is 4.73. The van der Waals surface area contributed by atoms with Gasteiger partial charge in [0.25, 0.3) is 0 Å². The van der Waals surface area contributed by atoms with Crippen molar-refractivity contribution in [1.29, 1.82) is 0 Å². The van der Waals surface area contributed by atoms with E-state index in [0.29, 0.717) is 0 Å². The zero-order valence-electron chi connectivity index (χ0n) is 9.20. The molecule has 0 nitrogen and oxygen atoms in total. The van der Waals surface area contributed by atoms with Crippen LogP contribution in [-0.4, -0.2) is 0 Å². The normalized spacial score (nSPS) is 10.5. The predicted octanol–water partition coefficient (Wildman–Crippen LogP) is 4.40. The maximum absolute atomic E-state index is 12.7. The molecule has 17 heavy (non-hydrogen) atoms. The largest absolute Gasteiger partial charge is 0.207 e. The van der Waals surface area contributed by atoms with Crippen molar-refractivity contribution >= 4 is 11.8 Å². The molecule has 88 valence electrons. The van der Waals surface area contributed by atoms with Crippen molar-refractivity contribution < 1.29 is 8.78 Å². The SMILES string of the molecule is Fc1ccc(CSCc2ccc(F)cc2)cc1. The van der Waals surface area contributed by atoms with Gasteiger partial charge in [-0.25, -0.2) is 8.78 Å². The Morgan fingerprint density at radius 1 is 0.647 bits per heavy atom. The molecule has 0 amide bonds. The van der Waals surface area contributed by atoms with Crippen molar-refractivity contribution in [1.82, 2.24) is 0 Å². The van der Waals surface area contributed by atoms with E-state index in [-0.39, 0.29) is 11.6 Å². The number of halogens is 2. The minimum absolute atomic E-state index is 0.211. The van der Waals surface area contributed by atoms with E-state index < -0.39 is 0 Å². The first-order chi connectivity index (χ1) is 8.24. The van der Waals surface area contributed by atoms with Crippen LogP contribution in [0.5, 0.6) is 0 Å². The summed E-state index contributed by atoms with van der Waals surface area (Å²) in [5.74, 6) is 1.24. The molecular formula is C14H12F2S. The highest BCUT2D eigenvalue weighted by Crippen LogP contribution is 2.18. The molecule has 0 radical (unpaired) electrons. The molecular weight excluding hydrogens is 238 g/mol. The molecule has 0 heterocycles. The molecule has 0 N–H and O–H groups in total. The van der Waals surface area contributed by atoms with Gasteiger partial charge in [-0.3, -0.25) is 0 Å². The molecule has 0 spiro atoms. The minimum Gasteiger partial charge on any atom is -0.207 e. The van der Waals surface area contributed by atoms with Crippen LogP contribution < -0.4 is 0 Å². The zero-order valence-corrected chi connectivity index (χ0v) is 10.0. The Morgan fingerprint density at radius 3 is 1.35 bits per heavy atom. The first-order valence-electron chi connectivity index (χ1n) is 5.31. The van der Waals surface area contributed by atoms with Crippen molar-refractivity contribution in [3.63, 3.8) is 0 Å². The highest BCUT2D eigenvalue weighted by atomic mass is 32.2. The van der Waals surface area contributed by atoms with Crippen LogP contribution >= 0.6 is 11.8 Å². The van der Waals surface area contributed by atoms with Crippen LogP contribution in [0.3, 0.4) is 0 Å². The number of benzene rings is 2. The summed E-state index contributed by atoms with van der Waals surface area (Å²) in [5.41, 5.74) is 2.19. The lowest BCUT2D eigenvalue weighted by atomic mass is 10.2. The molecule has 0 saturated carbocycles. The van der Waals surface area contributed by atoms with Gasteiger partial charge in [0, 0.05) is 11.5 Å². The van der Waals surface area contributed by atoms with E-state index in [2.05, 4.69) is 0 Å². The Morgan fingerprint density at radius 2 is 1.00 bits per heavy atom. The lowest BCUT2D eigenvalue weighted by molar-refractivity contribution is 0.627. The molecule has 0 fully saturated rings. The summed E-state index contributed by atoms with van der Waals surface area (Å²) in [7, 11) is 0. The number of rotatable bonds is 4. The highest BCUT2D eigenvalue weighted by Gasteiger charge is 1.97. The molecule has 0 saturated heterocycles. The molecule has 0 unspecified atom stereocenters. The van der Waals surface area contributed by atoms with Crippen molar-refractivity contribution in [2.45, 2.75) is 11.5 Å². The van der Waals surface area contributed by atoms with E-state index in [0.717, 1.165) is 22.6 Å². The van der Waals surface area contributed by atoms with Crippen LogP contribution in [-0.2, 0) is 11.5 Å². The van der Waals surface area contributed by atoms with Crippen LogP contribution in [0.2, 0.25) is 0 Å². The molecule has 0 atom stereocenters. The van der Waals surface area contributed by atoms with E-state index in [4.69, 9.17) is 0 Å². The van der Waals surface area contributed by atoms with Crippen LogP contribution in [0.15, 0.2) is 48.5 Å². The van der Waals surface area contributed by atoms with E-state index in [9.17, 15) is 8.78 Å². The van der Waals surface area contributed by atoms with Gasteiger partial charge in [0.15, 0.2) is 0 Å². The summed E-state index contributed by atoms with van der Waals surface area (Å²) in [6.07, 6.45) is 0. The Hall–Kier alpha value is -1.35. The summed E-state index contributed by atoms with van der Waals surface area (Å²) in [6, 6.07) is 13.0. The fourth-order valence-corrected chi connectivity index (χ4v) is 2.41. The van der Waals surface area contributed by atoms with E-state index in [1.54, 1.807) is 36.0 Å². The standard InChI is InChI=1S/C14H12F2S/c15-13-5-1-11(2-6-13)9-17-10-12-3-7-14(16)8-4-12/h1-8H,9-10H2. The average Bonchev–Trinajstić information content (AvgIpc) is 2.34. The molecule has 0 aromatic heterocycles. The lowest BCUT2D eigenvalue weighted by Crippen LogP contribution is -1.84. The van der Waals surface area contributed by atoms with Gasteiger partial charge in [-0.1, -0.05) is 24.3 Å². The molecule has 0 bridgehead atoms. The topological polar surface area (TPSA) is 0 Å². The van der Waals surface area contributed by atoms with Crippen molar-refractivity contribution in [3.8, 4) is 0 Å². The molecule has 0 aliphatic carbocycles. The van der Waals surface area contributed by atoms with Gasteiger partial charge in [-0.15, -0.1) is 0 Å². The number of thioether (sulfide) groups is 1. The van der Waals surface area contributed by atoms with Crippen LogP contribution in [0, 0.1) is 11.6 Å². The first kappa shape index (κ1) is 12.1. The van der Waals surface area contributed by atoms with Gasteiger partial charge in [-0.2, -0.15) is 11.8 Å². The van der Waals surface area contributed by atoms with Crippen LogP contribution in [0.25, 0.3) is 0 Å².